The number of rotatable bonds is 4. The van der Waals surface area contributed by atoms with Crippen molar-refractivity contribution in [2.75, 3.05) is 5.32 Å². The van der Waals surface area contributed by atoms with Crippen LogP contribution < -0.4 is 5.32 Å². The normalized spacial score (nSPS) is 10.5. The number of aromatic carboxylic acids is 1. The number of aryl methyl sites for hydroxylation is 2. The SMILES string of the molecule is Cc1cc(C)n(-c2cccc(C(=O)Nc3ccccc3C(=O)O)c2)n1. The highest BCUT2D eigenvalue weighted by atomic mass is 16.4. The number of carboxylic acids is 1. The van der Waals surface area contributed by atoms with Gasteiger partial charge in [0.1, 0.15) is 0 Å². The molecule has 2 N–H and O–H groups in total. The third-order valence-electron chi connectivity index (χ3n) is 3.77. The first-order chi connectivity index (χ1) is 12.0. The molecule has 6 heteroatoms. The minimum atomic E-state index is -1.09. The Hall–Kier alpha value is -3.41. The summed E-state index contributed by atoms with van der Waals surface area (Å²) in [5.74, 6) is -1.47. The van der Waals surface area contributed by atoms with Gasteiger partial charge in [0, 0.05) is 11.3 Å². The number of anilines is 1. The lowest BCUT2D eigenvalue weighted by Crippen LogP contribution is -2.15. The summed E-state index contributed by atoms with van der Waals surface area (Å²) in [6.07, 6.45) is 0. The fourth-order valence-corrected chi connectivity index (χ4v) is 2.64. The standard InChI is InChI=1S/C19H17N3O3/c1-12-10-13(2)22(21-12)15-7-5-6-14(11-15)18(23)20-17-9-4-3-8-16(17)19(24)25/h3-11H,1-2H3,(H,20,23)(H,24,25). The molecule has 0 aliphatic rings. The summed E-state index contributed by atoms with van der Waals surface area (Å²) in [7, 11) is 0. The maximum Gasteiger partial charge on any atom is 0.337 e. The van der Waals surface area contributed by atoms with Crippen molar-refractivity contribution in [3.8, 4) is 5.69 Å². The minimum absolute atomic E-state index is 0.0468. The quantitative estimate of drug-likeness (QED) is 0.765. The van der Waals surface area contributed by atoms with Crippen molar-refractivity contribution in [1.82, 2.24) is 9.78 Å². The van der Waals surface area contributed by atoms with Crippen LogP contribution in [-0.4, -0.2) is 26.8 Å². The average molecular weight is 335 g/mol. The van der Waals surface area contributed by atoms with E-state index in [9.17, 15) is 14.7 Å². The van der Waals surface area contributed by atoms with Crippen LogP contribution in [0.5, 0.6) is 0 Å². The second kappa shape index (κ2) is 6.60. The lowest BCUT2D eigenvalue weighted by molar-refractivity contribution is 0.0698. The summed E-state index contributed by atoms with van der Waals surface area (Å²) in [6.45, 7) is 3.85. The molecule has 0 bridgehead atoms. The van der Waals surface area contributed by atoms with Crippen LogP contribution in [0, 0.1) is 13.8 Å². The average Bonchev–Trinajstić information content (AvgIpc) is 2.93. The molecule has 2 aromatic carbocycles. The molecule has 0 radical (unpaired) electrons. The second-order valence-corrected chi connectivity index (χ2v) is 5.69. The molecule has 126 valence electrons. The second-order valence-electron chi connectivity index (χ2n) is 5.69. The number of nitrogens with zero attached hydrogens (tertiary/aromatic N) is 2. The van der Waals surface area contributed by atoms with E-state index in [1.165, 1.54) is 6.07 Å². The van der Waals surface area contributed by atoms with Gasteiger partial charge in [-0.2, -0.15) is 5.10 Å². The Labute approximate surface area is 144 Å². The summed E-state index contributed by atoms with van der Waals surface area (Å²) in [5.41, 5.74) is 3.35. The van der Waals surface area contributed by atoms with E-state index in [1.54, 1.807) is 41.1 Å². The molecule has 0 fully saturated rings. The van der Waals surface area contributed by atoms with E-state index in [0.717, 1.165) is 17.1 Å². The zero-order chi connectivity index (χ0) is 18.0. The van der Waals surface area contributed by atoms with Gasteiger partial charge in [0.25, 0.3) is 5.91 Å². The minimum Gasteiger partial charge on any atom is -0.478 e. The van der Waals surface area contributed by atoms with Crippen molar-refractivity contribution < 1.29 is 14.7 Å². The summed E-state index contributed by atoms with van der Waals surface area (Å²) in [4.78, 5) is 23.8. The molecule has 0 saturated carbocycles. The van der Waals surface area contributed by atoms with Crippen molar-refractivity contribution in [3.05, 3.63) is 77.1 Å². The lowest BCUT2D eigenvalue weighted by atomic mass is 10.1. The number of hydrogen-bond acceptors (Lipinski definition) is 3. The Morgan fingerprint density at radius 2 is 1.80 bits per heavy atom. The number of para-hydroxylation sites is 1. The Bertz CT molecular complexity index is 960. The molecule has 1 aromatic heterocycles. The van der Waals surface area contributed by atoms with Gasteiger partial charge >= 0.3 is 5.97 Å². The predicted molar refractivity (Wildman–Crippen MR) is 94.4 cm³/mol. The molecule has 25 heavy (non-hydrogen) atoms. The van der Waals surface area contributed by atoms with Crippen LogP contribution in [-0.2, 0) is 0 Å². The topological polar surface area (TPSA) is 84.2 Å². The fourth-order valence-electron chi connectivity index (χ4n) is 2.64. The molecule has 0 aliphatic heterocycles. The summed E-state index contributed by atoms with van der Waals surface area (Å²) < 4.78 is 1.76. The predicted octanol–water partition coefficient (Wildman–Crippen LogP) is 3.44. The molecule has 0 unspecified atom stereocenters. The molecular weight excluding hydrogens is 318 g/mol. The number of hydrogen-bond donors (Lipinski definition) is 2. The zero-order valence-corrected chi connectivity index (χ0v) is 13.9. The Morgan fingerprint density at radius 3 is 2.48 bits per heavy atom. The van der Waals surface area contributed by atoms with Gasteiger partial charge in [0.2, 0.25) is 0 Å². The van der Waals surface area contributed by atoms with Gasteiger partial charge < -0.3 is 10.4 Å². The van der Waals surface area contributed by atoms with Gasteiger partial charge in [-0.1, -0.05) is 18.2 Å². The lowest BCUT2D eigenvalue weighted by Gasteiger charge is -2.10. The van der Waals surface area contributed by atoms with E-state index >= 15 is 0 Å². The van der Waals surface area contributed by atoms with Gasteiger partial charge in [0.05, 0.1) is 22.6 Å². The van der Waals surface area contributed by atoms with Crippen molar-refractivity contribution in [2.24, 2.45) is 0 Å². The van der Waals surface area contributed by atoms with Gasteiger partial charge in [-0.25, -0.2) is 9.48 Å². The van der Waals surface area contributed by atoms with Gasteiger partial charge in [-0.3, -0.25) is 4.79 Å². The highest BCUT2D eigenvalue weighted by Crippen LogP contribution is 2.18. The smallest absolute Gasteiger partial charge is 0.337 e. The van der Waals surface area contributed by atoms with Crippen molar-refractivity contribution in [2.45, 2.75) is 13.8 Å². The third kappa shape index (κ3) is 3.42. The van der Waals surface area contributed by atoms with Crippen LogP contribution in [0.25, 0.3) is 5.69 Å². The molecule has 6 nitrogen and oxygen atoms in total. The molecule has 1 heterocycles. The van der Waals surface area contributed by atoms with Crippen LogP contribution in [0.1, 0.15) is 32.1 Å². The Balaban J connectivity index is 1.90. The van der Waals surface area contributed by atoms with E-state index in [2.05, 4.69) is 10.4 Å². The fraction of sp³-hybridized carbons (Fsp3) is 0.105. The van der Waals surface area contributed by atoms with E-state index in [-0.39, 0.29) is 17.2 Å². The van der Waals surface area contributed by atoms with Crippen molar-refractivity contribution >= 4 is 17.6 Å². The number of nitrogens with one attached hydrogen (secondary N) is 1. The van der Waals surface area contributed by atoms with Gasteiger partial charge in [-0.05, 0) is 50.2 Å². The van der Waals surface area contributed by atoms with Crippen LogP contribution in [0.15, 0.2) is 54.6 Å². The van der Waals surface area contributed by atoms with E-state index in [4.69, 9.17) is 0 Å². The summed E-state index contributed by atoms with van der Waals surface area (Å²) >= 11 is 0. The highest BCUT2D eigenvalue weighted by Gasteiger charge is 2.14. The van der Waals surface area contributed by atoms with Crippen LogP contribution in [0.3, 0.4) is 0 Å². The van der Waals surface area contributed by atoms with Crippen LogP contribution in [0.2, 0.25) is 0 Å². The van der Waals surface area contributed by atoms with Crippen molar-refractivity contribution in [1.29, 1.82) is 0 Å². The maximum absolute atomic E-state index is 12.5. The van der Waals surface area contributed by atoms with Crippen molar-refractivity contribution in [3.63, 3.8) is 0 Å². The first kappa shape index (κ1) is 16.4. The maximum atomic E-state index is 12.5. The van der Waals surface area contributed by atoms with Gasteiger partial charge in [-0.15, -0.1) is 0 Å². The van der Waals surface area contributed by atoms with E-state index in [0.29, 0.717) is 5.56 Å². The Kier molecular flexibility index (Phi) is 4.35. The molecule has 1 amide bonds. The molecule has 0 spiro atoms. The third-order valence-corrected chi connectivity index (χ3v) is 3.77. The first-order valence-corrected chi connectivity index (χ1v) is 7.73. The van der Waals surface area contributed by atoms with E-state index in [1.807, 2.05) is 26.0 Å². The van der Waals surface area contributed by atoms with E-state index < -0.39 is 5.97 Å². The summed E-state index contributed by atoms with van der Waals surface area (Å²) in [6, 6.07) is 15.3. The number of carboxylic acid groups (broad SMARTS) is 1. The molecule has 3 rings (SSSR count). The number of benzene rings is 2. The first-order valence-electron chi connectivity index (χ1n) is 7.73. The largest absolute Gasteiger partial charge is 0.478 e. The summed E-state index contributed by atoms with van der Waals surface area (Å²) in [5, 5.41) is 16.3. The molecule has 0 aliphatic carbocycles. The zero-order valence-electron chi connectivity index (χ0n) is 13.9. The number of amides is 1. The van der Waals surface area contributed by atoms with Crippen LogP contribution >= 0.6 is 0 Å². The van der Waals surface area contributed by atoms with Crippen LogP contribution in [0.4, 0.5) is 5.69 Å². The highest BCUT2D eigenvalue weighted by molar-refractivity contribution is 6.07. The number of aromatic nitrogens is 2. The molecular formula is C19H17N3O3. The molecule has 0 saturated heterocycles. The Morgan fingerprint density at radius 1 is 1.04 bits per heavy atom. The monoisotopic (exact) mass is 335 g/mol. The number of carbonyl (C=O) groups excluding carboxylic acids is 1. The molecule has 0 atom stereocenters. The molecule has 3 aromatic rings. The number of carbonyl (C=O) groups is 2. The van der Waals surface area contributed by atoms with Gasteiger partial charge in [0.15, 0.2) is 0 Å².